The monoisotopic (exact) mass is 269 g/mol. The van der Waals surface area contributed by atoms with E-state index in [1.54, 1.807) is 25.1 Å². The normalized spacial score (nSPS) is 10.0. The molecule has 0 aliphatic heterocycles. The minimum absolute atomic E-state index is 0.0399. The molecule has 1 aromatic carbocycles. The standard InChI is InChI=1S/C14H11N3O3/c1-2-16-13(7-6-11(9-15)14(16)18)10-4-3-5-12(8-10)17(19)20/h3-8H,2H2,1H3. The molecule has 6 heteroatoms. The lowest BCUT2D eigenvalue weighted by Gasteiger charge is -2.11. The molecule has 1 heterocycles. The van der Waals surface area contributed by atoms with Gasteiger partial charge in [-0.3, -0.25) is 14.9 Å². The van der Waals surface area contributed by atoms with Crippen molar-refractivity contribution in [2.24, 2.45) is 0 Å². The number of hydrogen-bond acceptors (Lipinski definition) is 4. The molecule has 0 atom stereocenters. The van der Waals surface area contributed by atoms with Crippen LogP contribution in [0.1, 0.15) is 12.5 Å². The number of nitriles is 1. The smallest absolute Gasteiger partial charge is 0.270 e. The summed E-state index contributed by atoms with van der Waals surface area (Å²) in [5, 5.41) is 19.7. The molecule has 100 valence electrons. The van der Waals surface area contributed by atoms with Gasteiger partial charge in [-0.25, -0.2) is 0 Å². The molecule has 0 aliphatic carbocycles. The molecule has 6 nitrogen and oxygen atoms in total. The topological polar surface area (TPSA) is 88.9 Å². The van der Waals surface area contributed by atoms with Gasteiger partial charge in [0.25, 0.3) is 11.2 Å². The summed E-state index contributed by atoms with van der Waals surface area (Å²) in [5.74, 6) is 0. The van der Waals surface area contributed by atoms with E-state index in [1.165, 1.54) is 22.8 Å². The predicted octanol–water partition coefficient (Wildman–Crippen LogP) is 2.32. The number of benzene rings is 1. The maximum Gasteiger partial charge on any atom is 0.270 e. The fraction of sp³-hybridized carbons (Fsp3) is 0.143. The van der Waals surface area contributed by atoms with Gasteiger partial charge in [0.15, 0.2) is 0 Å². The number of non-ortho nitro benzene ring substituents is 1. The SMILES string of the molecule is CCn1c(-c2cccc([N+](=O)[O-])c2)ccc(C#N)c1=O. The van der Waals surface area contributed by atoms with Crippen LogP contribution in [-0.4, -0.2) is 9.49 Å². The van der Waals surface area contributed by atoms with Crippen LogP contribution >= 0.6 is 0 Å². The zero-order valence-corrected chi connectivity index (χ0v) is 10.7. The number of pyridine rings is 1. The lowest BCUT2D eigenvalue weighted by atomic mass is 10.1. The van der Waals surface area contributed by atoms with Gasteiger partial charge in [0, 0.05) is 24.2 Å². The number of nitrogens with zero attached hydrogens (tertiary/aromatic N) is 3. The summed E-state index contributed by atoms with van der Waals surface area (Å²) >= 11 is 0. The molecule has 0 spiro atoms. The van der Waals surface area contributed by atoms with Crippen LogP contribution < -0.4 is 5.56 Å². The summed E-state index contributed by atoms with van der Waals surface area (Å²) in [7, 11) is 0. The molecule has 0 amide bonds. The Balaban J connectivity index is 2.68. The average molecular weight is 269 g/mol. The van der Waals surface area contributed by atoms with Crippen molar-refractivity contribution >= 4 is 5.69 Å². The lowest BCUT2D eigenvalue weighted by molar-refractivity contribution is -0.384. The number of nitro groups is 1. The molecule has 0 saturated heterocycles. The van der Waals surface area contributed by atoms with Crippen LogP contribution in [-0.2, 0) is 6.54 Å². The highest BCUT2D eigenvalue weighted by atomic mass is 16.6. The Hall–Kier alpha value is -2.94. The van der Waals surface area contributed by atoms with E-state index in [9.17, 15) is 14.9 Å². The first kappa shape index (κ1) is 13.5. The third kappa shape index (κ3) is 2.29. The number of hydrogen-bond donors (Lipinski definition) is 0. The maximum atomic E-state index is 12.1. The van der Waals surface area contributed by atoms with Crippen LogP contribution in [0.5, 0.6) is 0 Å². The molecule has 0 N–H and O–H groups in total. The summed E-state index contributed by atoms with van der Waals surface area (Å²) < 4.78 is 1.43. The molecular weight excluding hydrogens is 258 g/mol. The van der Waals surface area contributed by atoms with Gasteiger partial charge in [0.2, 0.25) is 0 Å². The Labute approximate surface area is 114 Å². The number of rotatable bonds is 3. The summed E-state index contributed by atoms with van der Waals surface area (Å²) in [4.78, 5) is 22.4. The Morgan fingerprint density at radius 1 is 1.35 bits per heavy atom. The van der Waals surface area contributed by atoms with Gasteiger partial charge in [0.1, 0.15) is 11.6 Å². The second-order valence-corrected chi connectivity index (χ2v) is 4.10. The molecule has 0 saturated carbocycles. The maximum absolute atomic E-state index is 12.1. The largest absolute Gasteiger partial charge is 0.307 e. The predicted molar refractivity (Wildman–Crippen MR) is 73.2 cm³/mol. The minimum Gasteiger partial charge on any atom is -0.307 e. The van der Waals surface area contributed by atoms with E-state index in [0.29, 0.717) is 17.8 Å². The highest BCUT2D eigenvalue weighted by Gasteiger charge is 2.12. The number of nitro benzene ring substituents is 1. The molecule has 0 unspecified atom stereocenters. The zero-order chi connectivity index (χ0) is 14.7. The molecule has 0 aliphatic rings. The molecule has 2 aromatic rings. The van der Waals surface area contributed by atoms with Crippen molar-refractivity contribution in [1.82, 2.24) is 4.57 Å². The first-order chi connectivity index (χ1) is 9.58. The van der Waals surface area contributed by atoms with Gasteiger partial charge in [-0.15, -0.1) is 0 Å². The lowest BCUT2D eigenvalue weighted by Crippen LogP contribution is -2.23. The van der Waals surface area contributed by atoms with Crippen LogP contribution in [0.25, 0.3) is 11.3 Å². The Kier molecular flexibility index (Phi) is 3.62. The molecule has 2 rings (SSSR count). The Morgan fingerprint density at radius 3 is 2.70 bits per heavy atom. The van der Waals surface area contributed by atoms with Gasteiger partial charge in [0.05, 0.1) is 10.6 Å². The van der Waals surface area contributed by atoms with Crippen molar-refractivity contribution in [2.75, 3.05) is 0 Å². The fourth-order valence-electron chi connectivity index (χ4n) is 2.01. The molecule has 0 fully saturated rings. The van der Waals surface area contributed by atoms with Crippen LogP contribution in [0.2, 0.25) is 0 Å². The van der Waals surface area contributed by atoms with E-state index < -0.39 is 4.92 Å². The fourth-order valence-corrected chi connectivity index (χ4v) is 2.01. The van der Waals surface area contributed by atoms with Gasteiger partial charge in [-0.05, 0) is 19.1 Å². The highest BCUT2D eigenvalue weighted by molar-refractivity contribution is 5.63. The van der Waals surface area contributed by atoms with Gasteiger partial charge in [-0.1, -0.05) is 12.1 Å². The third-order valence-corrected chi connectivity index (χ3v) is 2.96. The summed E-state index contributed by atoms with van der Waals surface area (Å²) in [6.07, 6.45) is 0. The minimum atomic E-state index is -0.485. The third-order valence-electron chi connectivity index (χ3n) is 2.96. The van der Waals surface area contributed by atoms with Crippen molar-refractivity contribution in [3.63, 3.8) is 0 Å². The van der Waals surface area contributed by atoms with E-state index in [-0.39, 0.29) is 16.8 Å². The van der Waals surface area contributed by atoms with E-state index in [4.69, 9.17) is 5.26 Å². The van der Waals surface area contributed by atoms with Crippen molar-refractivity contribution < 1.29 is 4.92 Å². The molecule has 0 radical (unpaired) electrons. The van der Waals surface area contributed by atoms with Gasteiger partial charge >= 0.3 is 0 Å². The average Bonchev–Trinajstić information content (AvgIpc) is 2.47. The Bertz CT molecular complexity index is 772. The van der Waals surface area contributed by atoms with Gasteiger partial charge in [-0.2, -0.15) is 5.26 Å². The summed E-state index contributed by atoms with van der Waals surface area (Å²) in [6.45, 7) is 2.16. The van der Waals surface area contributed by atoms with E-state index in [0.717, 1.165) is 0 Å². The number of aromatic nitrogens is 1. The molecule has 0 bridgehead atoms. The highest BCUT2D eigenvalue weighted by Crippen LogP contribution is 2.23. The first-order valence-electron chi connectivity index (χ1n) is 5.97. The van der Waals surface area contributed by atoms with Crippen LogP contribution in [0.4, 0.5) is 5.69 Å². The Morgan fingerprint density at radius 2 is 2.10 bits per heavy atom. The summed E-state index contributed by atoms with van der Waals surface area (Å²) in [6, 6.07) is 11.0. The molecule has 20 heavy (non-hydrogen) atoms. The van der Waals surface area contributed by atoms with E-state index in [2.05, 4.69) is 0 Å². The van der Waals surface area contributed by atoms with Gasteiger partial charge < -0.3 is 4.57 Å². The van der Waals surface area contributed by atoms with Crippen LogP contribution in [0, 0.1) is 21.4 Å². The van der Waals surface area contributed by atoms with E-state index >= 15 is 0 Å². The van der Waals surface area contributed by atoms with Crippen LogP contribution in [0.15, 0.2) is 41.2 Å². The van der Waals surface area contributed by atoms with E-state index in [1.807, 2.05) is 6.07 Å². The molecule has 1 aromatic heterocycles. The second kappa shape index (κ2) is 5.36. The zero-order valence-electron chi connectivity index (χ0n) is 10.7. The summed E-state index contributed by atoms with van der Waals surface area (Å²) in [5.41, 5.74) is 0.754. The first-order valence-corrected chi connectivity index (χ1v) is 5.97. The quantitative estimate of drug-likeness (QED) is 0.631. The second-order valence-electron chi connectivity index (χ2n) is 4.10. The van der Waals surface area contributed by atoms with Crippen molar-refractivity contribution in [2.45, 2.75) is 13.5 Å². The van der Waals surface area contributed by atoms with Crippen molar-refractivity contribution in [3.8, 4) is 17.3 Å². The molecular formula is C14H11N3O3. The van der Waals surface area contributed by atoms with Crippen molar-refractivity contribution in [1.29, 1.82) is 5.26 Å². The van der Waals surface area contributed by atoms with Crippen LogP contribution in [0.3, 0.4) is 0 Å². The van der Waals surface area contributed by atoms with Crippen molar-refractivity contribution in [3.05, 3.63) is 62.4 Å².